The summed E-state index contributed by atoms with van der Waals surface area (Å²) in [5.41, 5.74) is 15.1. The number of benzene rings is 4. The number of nitrogen functional groups attached to an aromatic ring is 2. The fraction of sp³-hybridized carbons (Fsp3) is 0.176. The van der Waals surface area contributed by atoms with E-state index in [0.717, 1.165) is 12.5 Å². The molecule has 0 spiro atoms. The number of carbonyl (C=O) groups excluding carboxylic acids is 3. The van der Waals surface area contributed by atoms with Crippen molar-refractivity contribution in [3.63, 3.8) is 0 Å². The number of nitrogens with two attached hydrogens (primary N) is 2. The van der Waals surface area contributed by atoms with Crippen molar-refractivity contribution < 1.29 is 33.6 Å². The third-order valence-electron chi connectivity index (χ3n) is 6.79. The molecule has 2 atom stereocenters. The van der Waals surface area contributed by atoms with Crippen LogP contribution in [0.5, 0.6) is 11.5 Å². The molecule has 4 aromatic carbocycles. The minimum absolute atomic E-state index is 0.0156. The first-order chi connectivity index (χ1) is 22.1. The average Bonchev–Trinajstić information content (AvgIpc) is 3.06. The van der Waals surface area contributed by atoms with Gasteiger partial charge < -0.3 is 31.6 Å². The molecule has 0 aliphatic rings. The molecule has 0 aliphatic heterocycles. The second-order valence-corrected chi connectivity index (χ2v) is 10.2. The Bertz CT molecular complexity index is 1660. The number of methoxy groups -OCH3 is 1. The standard InChI is InChI=1S/C34H35N5O7/c1-21(40)45-46-34(42)28(18-22-8-13-26(35)14-9-22)39-33(41)31(38-27-15-10-24(11-16-27)32(36)37)25-12-17-29(30(19-25)43-2)44-20-23-6-4-3-5-7-23/h3-17,19,28,31,38H,18,20,35H2,1-2H3,(H3,36,37)(H,39,41)/t28-,31+/m0/s1. The predicted octanol–water partition coefficient (Wildman–Crippen LogP) is 4.04. The van der Waals surface area contributed by atoms with Gasteiger partial charge in [0, 0.05) is 30.3 Å². The van der Waals surface area contributed by atoms with E-state index < -0.39 is 29.9 Å². The molecule has 0 unspecified atom stereocenters. The molecule has 238 valence electrons. The molecule has 0 saturated carbocycles. The lowest BCUT2D eigenvalue weighted by atomic mass is 10.0. The van der Waals surface area contributed by atoms with Gasteiger partial charge in [0.25, 0.3) is 0 Å². The molecular weight excluding hydrogens is 590 g/mol. The lowest BCUT2D eigenvalue weighted by Gasteiger charge is -2.24. The van der Waals surface area contributed by atoms with E-state index in [2.05, 4.69) is 15.5 Å². The monoisotopic (exact) mass is 625 g/mol. The van der Waals surface area contributed by atoms with Gasteiger partial charge in [-0.25, -0.2) is 19.4 Å². The summed E-state index contributed by atoms with van der Waals surface area (Å²) in [6.45, 7) is 1.39. The van der Waals surface area contributed by atoms with Crippen LogP contribution in [0.1, 0.15) is 35.2 Å². The van der Waals surface area contributed by atoms with Crippen LogP contribution < -0.4 is 31.6 Å². The molecule has 1 amide bonds. The first-order valence-corrected chi connectivity index (χ1v) is 14.2. The van der Waals surface area contributed by atoms with Crippen molar-refractivity contribution in [3.05, 3.63) is 119 Å². The lowest BCUT2D eigenvalue weighted by Crippen LogP contribution is -2.46. The van der Waals surface area contributed by atoms with Crippen LogP contribution in [0.3, 0.4) is 0 Å². The third-order valence-corrected chi connectivity index (χ3v) is 6.79. The SMILES string of the molecule is COc1cc([C@@H](Nc2ccc(C(=N)N)cc2)C(=O)N[C@@H](Cc2ccc(N)cc2)C(=O)OOC(C)=O)ccc1OCc1ccccc1. The van der Waals surface area contributed by atoms with Crippen LogP contribution in [0, 0.1) is 5.41 Å². The second-order valence-electron chi connectivity index (χ2n) is 10.2. The molecule has 0 bridgehead atoms. The molecule has 0 radical (unpaired) electrons. The molecular formula is C34H35N5O7. The van der Waals surface area contributed by atoms with Crippen molar-refractivity contribution >= 4 is 35.1 Å². The third kappa shape index (κ3) is 9.23. The number of hydrogen-bond donors (Lipinski definition) is 5. The highest BCUT2D eigenvalue weighted by molar-refractivity contribution is 5.95. The van der Waals surface area contributed by atoms with Crippen molar-refractivity contribution in [2.24, 2.45) is 5.73 Å². The summed E-state index contributed by atoms with van der Waals surface area (Å²) in [4.78, 5) is 47.4. The van der Waals surface area contributed by atoms with Crippen LogP contribution >= 0.6 is 0 Å². The number of rotatable bonds is 13. The summed E-state index contributed by atoms with van der Waals surface area (Å²) in [5, 5.41) is 13.6. The number of amides is 1. The maximum Gasteiger partial charge on any atom is 0.377 e. The highest BCUT2D eigenvalue weighted by Crippen LogP contribution is 2.32. The predicted molar refractivity (Wildman–Crippen MR) is 172 cm³/mol. The van der Waals surface area contributed by atoms with Crippen molar-refractivity contribution in [1.82, 2.24) is 5.32 Å². The van der Waals surface area contributed by atoms with Crippen molar-refractivity contribution in [3.8, 4) is 11.5 Å². The van der Waals surface area contributed by atoms with Gasteiger partial charge in [-0.1, -0.05) is 48.5 Å². The van der Waals surface area contributed by atoms with E-state index >= 15 is 0 Å². The van der Waals surface area contributed by atoms with Gasteiger partial charge in [-0.05, 0) is 65.2 Å². The molecule has 0 fully saturated rings. The van der Waals surface area contributed by atoms with Gasteiger partial charge in [0.2, 0.25) is 5.91 Å². The first kappa shape index (κ1) is 32.9. The zero-order valence-electron chi connectivity index (χ0n) is 25.3. The molecule has 4 rings (SSSR count). The molecule has 12 nitrogen and oxygen atoms in total. The largest absolute Gasteiger partial charge is 0.493 e. The van der Waals surface area contributed by atoms with Gasteiger partial charge in [0.15, 0.2) is 11.5 Å². The maximum atomic E-state index is 14.0. The molecule has 0 aromatic heterocycles. The van der Waals surface area contributed by atoms with Crippen molar-refractivity contribution in [1.29, 1.82) is 5.41 Å². The van der Waals surface area contributed by atoms with Crippen molar-refractivity contribution in [2.45, 2.75) is 32.0 Å². The number of nitrogens with one attached hydrogen (secondary N) is 3. The number of amidine groups is 1. The minimum Gasteiger partial charge on any atom is -0.493 e. The molecule has 7 N–H and O–H groups in total. The van der Waals surface area contributed by atoms with E-state index in [9.17, 15) is 14.4 Å². The molecule has 0 aliphatic carbocycles. The van der Waals surface area contributed by atoms with Crippen LogP contribution in [-0.2, 0) is 37.2 Å². The fourth-order valence-electron chi connectivity index (χ4n) is 4.43. The van der Waals surface area contributed by atoms with E-state index in [0.29, 0.717) is 46.2 Å². The van der Waals surface area contributed by atoms with E-state index in [1.165, 1.54) is 7.11 Å². The Morgan fingerprint density at radius 3 is 2.17 bits per heavy atom. The molecule has 0 saturated heterocycles. The van der Waals surface area contributed by atoms with Crippen molar-refractivity contribution in [2.75, 3.05) is 18.2 Å². The molecule has 4 aromatic rings. The Morgan fingerprint density at radius 1 is 0.848 bits per heavy atom. The van der Waals surface area contributed by atoms with Crippen LogP contribution in [-0.4, -0.2) is 36.8 Å². The normalized spacial score (nSPS) is 11.8. The molecule has 0 heterocycles. The zero-order chi connectivity index (χ0) is 33.1. The van der Waals surface area contributed by atoms with Crippen LogP contribution in [0.2, 0.25) is 0 Å². The Balaban J connectivity index is 1.64. The molecule has 46 heavy (non-hydrogen) atoms. The summed E-state index contributed by atoms with van der Waals surface area (Å²) in [6, 6.07) is 25.8. The summed E-state index contributed by atoms with van der Waals surface area (Å²) < 4.78 is 11.6. The zero-order valence-corrected chi connectivity index (χ0v) is 25.3. The fourth-order valence-corrected chi connectivity index (χ4v) is 4.43. The number of carbonyl (C=O) groups is 3. The van der Waals surface area contributed by atoms with Gasteiger partial charge >= 0.3 is 11.9 Å². The average molecular weight is 626 g/mol. The van der Waals surface area contributed by atoms with Gasteiger partial charge in [-0.2, -0.15) is 0 Å². The van der Waals surface area contributed by atoms with E-state index in [1.54, 1.807) is 66.7 Å². The summed E-state index contributed by atoms with van der Waals surface area (Å²) >= 11 is 0. The van der Waals surface area contributed by atoms with E-state index in [1.807, 2.05) is 30.3 Å². The van der Waals surface area contributed by atoms with E-state index in [4.69, 9.17) is 31.2 Å². The van der Waals surface area contributed by atoms with Gasteiger partial charge in [-0.15, -0.1) is 0 Å². The summed E-state index contributed by atoms with van der Waals surface area (Å²) in [5.74, 6) is -1.67. The smallest absolute Gasteiger partial charge is 0.377 e. The maximum absolute atomic E-state index is 14.0. The summed E-state index contributed by atoms with van der Waals surface area (Å²) in [6.07, 6.45) is 0.0156. The number of anilines is 2. The Morgan fingerprint density at radius 2 is 1.54 bits per heavy atom. The Kier molecular flexibility index (Phi) is 11.2. The van der Waals surface area contributed by atoms with Gasteiger partial charge in [0.1, 0.15) is 24.5 Å². The van der Waals surface area contributed by atoms with Crippen LogP contribution in [0.4, 0.5) is 11.4 Å². The number of ether oxygens (including phenoxy) is 2. The second kappa shape index (κ2) is 15.6. The van der Waals surface area contributed by atoms with Gasteiger partial charge in [0.05, 0.1) is 7.11 Å². The van der Waals surface area contributed by atoms with Gasteiger partial charge in [-0.3, -0.25) is 10.2 Å². The Hall–Kier alpha value is -6.04. The first-order valence-electron chi connectivity index (χ1n) is 14.2. The lowest BCUT2D eigenvalue weighted by molar-refractivity contribution is -0.258. The quantitative estimate of drug-likeness (QED) is 0.0477. The summed E-state index contributed by atoms with van der Waals surface area (Å²) in [7, 11) is 1.49. The highest BCUT2D eigenvalue weighted by Gasteiger charge is 2.30. The van der Waals surface area contributed by atoms with Crippen LogP contribution in [0.25, 0.3) is 0 Å². The minimum atomic E-state index is -1.24. The number of hydrogen-bond acceptors (Lipinski definition) is 10. The molecule has 12 heteroatoms. The topological polar surface area (TPSA) is 188 Å². The van der Waals surface area contributed by atoms with Crippen LogP contribution in [0.15, 0.2) is 97.1 Å². The highest BCUT2D eigenvalue weighted by atomic mass is 17.2. The van der Waals surface area contributed by atoms with E-state index in [-0.39, 0.29) is 12.3 Å². The Labute approximate surface area is 266 Å².